The number of aromatic amines is 1. The van der Waals surface area contributed by atoms with Crippen molar-refractivity contribution >= 4 is 10.0 Å². The van der Waals surface area contributed by atoms with Crippen LogP contribution in [0.1, 0.15) is 17.4 Å². The normalized spacial score (nSPS) is 12.7. The summed E-state index contributed by atoms with van der Waals surface area (Å²) < 4.78 is 40.4. The Bertz CT molecular complexity index is 960. The van der Waals surface area contributed by atoms with E-state index in [9.17, 15) is 8.42 Å². The first-order valence-corrected chi connectivity index (χ1v) is 9.14. The van der Waals surface area contributed by atoms with Crippen LogP contribution in [-0.2, 0) is 17.1 Å². The average Bonchev–Trinajstić information content (AvgIpc) is 3.31. The van der Waals surface area contributed by atoms with Gasteiger partial charge in [-0.15, -0.1) is 0 Å². The van der Waals surface area contributed by atoms with Gasteiger partial charge in [-0.3, -0.25) is 0 Å². The third kappa shape index (κ3) is 3.55. The zero-order chi connectivity index (χ0) is 18.7. The summed E-state index contributed by atoms with van der Waals surface area (Å²) in [5.41, 5.74) is 0.624. The van der Waals surface area contributed by atoms with Gasteiger partial charge in [0.1, 0.15) is 23.4 Å². The van der Waals surface area contributed by atoms with Crippen molar-refractivity contribution in [3.05, 3.63) is 54.5 Å². The molecule has 1 unspecified atom stereocenters. The van der Waals surface area contributed by atoms with Gasteiger partial charge in [-0.2, -0.15) is 4.72 Å². The topological polar surface area (TPSA) is 111 Å². The summed E-state index contributed by atoms with van der Waals surface area (Å²) in [6, 6.07) is 4.42. The number of imidazole rings is 2. The second kappa shape index (κ2) is 7.18. The van der Waals surface area contributed by atoms with E-state index < -0.39 is 16.1 Å². The summed E-state index contributed by atoms with van der Waals surface area (Å²) in [5, 5.41) is -0.0356. The van der Waals surface area contributed by atoms with E-state index in [2.05, 4.69) is 19.7 Å². The van der Waals surface area contributed by atoms with Crippen LogP contribution in [-0.4, -0.2) is 42.2 Å². The second-order valence-corrected chi connectivity index (χ2v) is 7.19. The van der Waals surface area contributed by atoms with Crippen molar-refractivity contribution in [1.82, 2.24) is 24.2 Å². The van der Waals surface area contributed by atoms with Gasteiger partial charge in [-0.05, 0) is 17.7 Å². The lowest BCUT2D eigenvalue weighted by Crippen LogP contribution is -2.31. The van der Waals surface area contributed by atoms with Gasteiger partial charge in [0.05, 0.1) is 26.7 Å². The molecule has 0 aliphatic heterocycles. The summed E-state index contributed by atoms with van der Waals surface area (Å²) in [5.74, 6) is 1.60. The molecule has 2 aromatic heterocycles. The van der Waals surface area contributed by atoms with Crippen LogP contribution in [0.4, 0.5) is 0 Å². The predicted octanol–water partition coefficient (Wildman–Crippen LogP) is 1.23. The molecule has 3 aromatic rings. The lowest BCUT2D eigenvalue weighted by molar-refractivity contribution is 0.392. The van der Waals surface area contributed by atoms with Gasteiger partial charge in [0.2, 0.25) is 0 Å². The number of nitrogens with zero attached hydrogens (tertiary/aromatic N) is 3. The summed E-state index contributed by atoms with van der Waals surface area (Å²) in [4.78, 5) is 10.7. The minimum atomic E-state index is -3.85. The fourth-order valence-corrected chi connectivity index (χ4v) is 3.62. The highest BCUT2D eigenvalue weighted by atomic mass is 32.2. The molecule has 1 atom stereocenters. The molecule has 26 heavy (non-hydrogen) atoms. The molecule has 0 bridgehead atoms. The number of aryl methyl sites for hydroxylation is 1. The van der Waals surface area contributed by atoms with Crippen LogP contribution in [0.2, 0.25) is 0 Å². The fraction of sp³-hybridized carbons (Fsp3) is 0.250. The van der Waals surface area contributed by atoms with Gasteiger partial charge in [-0.25, -0.2) is 18.4 Å². The number of sulfonamides is 1. The number of H-pyrrole nitrogens is 1. The van der Waals surface area contributed by atoms with E-state index in [4.69, 9.17) is 9.47 Å². The molecule has 2 heterocycles. The van der Waals surface area contributed by atoms with Crippen LogP contribution in [0.25, 0.3) is 0 Å². The van der Waals surface area contributed by atoms with Crippen LogP contribution in [0.5, 0.6) is 11.5 Å². The Morgan fingerprint density at radius 3 is 2.38 bits per heavy atom. The van der Waals surface area contributed by atoms with Gasteiger partial charge in [-0.1, -0.05) is 0 Å². The molecule has 1 aromatic carbocycles. The molecule has 3 rings (SSSR count). The van der Waals surface area contributed by atoms with Gasteiger partial charge in [0, 0.05) is 25.5 Å². The Labute approximate surface area is 151 Å². The minimum absolute atomic E-state index is 0.0356. The standard InChI is InChI=1S/C16H19N5O4S/c1-21-5-4-18-16(21)15(20-26(22,23)14-9-17-10-19-14)11-6-12(24-2)8-13(7-11)25-3/h4-10,15,20H,1-3H3,(H,17,19). The summed E-state index contributed by atoms with van der Waals surface area (Å²) in [6.45, 7) is 0. The van der Waals surface area contributed by atoms with E-state index in [1.807, 2.05) is 0 Å². The first-order chi connectivity index (χ1) is 12.4. The number of hydrogen-bond donors (Lipinski definition) is 2. The molecule has 0 radical (unpaired) electrons. The molecule has 0 saturated carbocycles. The largest absolute Gasteiger partial charge is 0.497 e. The van der Waals surface area contributed by atoms with E-state index >= 15 is 0 Å². The number of benzene rings is 1. The minimum Gasteiger partial charge on any atom is -0.497 e. The number of aromatic nitrogens is 4. The Morgan fingerprint density at radius 1 is 1.19 bits per heavy atom. The summed E-state index contributed by atoms with van der Waals surface area (Å²) in [6.07, 6.45) is 5.89. The Kier molecular flexibility index (Phi) is 4.96. The van der Waals surface area contributed by atoms with Crippen molar-refractivity contribution in [2.75, 3.05) is 14.2 Å². The molecular formula is C16H19N5O4S. The highest BCUT2D eigenvalue weighted by Gasteiger charge is 2.27. The first kappa shape index (κ1) is 18.0. The van der Waals surface area contributed by atoms with Gasteiger partial charge in [0.15, 0.2) is 5.03 Å². The van der Waals surface area contributed by atoms with Gasteiger partial charge >= 0.3 is 0 Å². The van der Waals surface area contributed by atoms with Crippen molar-refractivity contribution in [2.24, 2.45) is 7.05 Å². The molecule has 10 heteroatoms. The molecule has 9 nitrogen and oxygen atoms in total. The third-order valence-electron chi connectivity index (χ3n) is 3.86. The number of nitrogens with one attached hydrogen (secondary N) is 2. The molecule has 0 fully saturated rings. The zero-order valence-corrected chi connectivity index (χ0v) is 15.3. The van der Waals surface area contributed by atoms with E-state index in [0.717, 1.165) is 0 Å². The van der Waals surface area contributed by atoms with Crippen molar-refractivity contribution in [3.8, 4) is 11.5 Å². The number of ether oxygens (including phenoxy) is 2. The van der Waals surface area contributed by atoms with Gasteiger partial charge in [0.25, 0.3) is 10.0 Å². The molecular weight excluding hydrogens is 358 g/mol. The van der Waals surface area contributed by atoms with E-state index in [1.165, 1.54) is 26.7 Å². The molecule has 0 spiro atoms. The highest BCUT2D eigenvalue weighted by Crippen LogP contribution is 2.30. The molecule has 138 valence electrons. The first-order valence-electron chi connectivity index (χ1n) is 7.65. The summed E-state index contributed by atoms with van der Waals surface area (Å²) in [7, 11) is 1.00. The van der Waals surface area contributed by atoms with E-state index in [-0.39, 0.29) is 5.03 Å². The smallest absolute Gasteiger partial charge is 0.258 e. The Hall–Kier alpha value is -2.85. The maximum absolute atomic E-state index is 12.7. The van der Waals surface area contributed by atoms with Gasteiger partial charge < -0.3 is 19.0 Å². The molecule has 2 N–H and O–H groups in total. The SMILES string of the molecule is COc1cc(OC)cc(C(NS(=O)(=O)c2cnc[nH]2)c2nccn2C)c1. The monoisotopic (exact) mass is 377 g/mol. The predicted molar refractivity (Wildman–Crippen MR) is 93.5 cm³/mol. The maximum atomic E-state index is 12.7. The zero-order valence-electron chi connectivity index (χ0n) is 14.5. The van der Waals surface area contributed by atoms with Crippen LogP contribution in [0.3, 0.4) is 0 Å². The number of rotatable bonds is 7. The molecule has 0 aliphatic rings. The van der Waals surface area contributed by atoms with Crippen LogP contribution in [0, 0.1) is 0 Å². The van der Waals surface area contributed by atoms with Crippen molar-refractivity contribution in [1.29, 1.82) is 0 Å². The molecule has 0 amide bonds. The third-order valence-corrected chi connectivity index (χ3v) is 5.21. The second-order valence-electron chi connectivity index (χ2n) is 5.51. The van der Waals surface area contributed by atoms with Crippen LogP contribution >= 0.6 is 0 Å². The Balaban J connectivity index is 2.10. The quantitative estimate of drug-likeness (QED) is 0.641. The lowest BCUT2D eigenvalue weighted by atomic mass is 10.1. The molecule has 0 saturated heterocycles. The van der Waals surface area contributed by atoms with Crippen molar-refractivity contribution < 1.29 is 17.9 Å². The Morgan fingerprint density at radius 2 is 1.88 bits per heavy atom. The lowest BCUT2D eigenvalue weighted by Gasteiger charge is -2.20. The fourth-order valence-electron chi connectivity index (χ4n) is 2.53. The number of methoxy groups -OCH3 is 2. The van der Waals surface area contributed by atoms with Crippen molar-refractivity contribution in [2.45, 2.75) is 11.1 Å². The average molecular weight is 377 g/mol. The molecule has 0 aliphatic carbocycles. The van der Waals surface area contributed by atoms with Crippen LogP contribution in [0.15, 0.2) is 48.1 Å². The van der Waals surface area contributed by atoms with Crippen LogP contribution < -0.4 is 14.2 Å². The summed E-state index contributed by atoms with van der Waals surface area (Å²) >= 11 is 0. The van der Waals surface area contributed by atoms with Crippen molar-refractivity contribution in [3.63, 3.8) is 0 Å². The van der Waals surface area contributed by atoms with E-state index in [0.29, 0.717) is 22.9 Å². The maximum Gasteiger partial charge on any atom is 0.258 e. The highest BCUT2D eigenvalue weighted by molar-refractivity contribution is 7.89. The number of hydrogen-bond acceptors (Lipinski definition) is 6. The van der Waals surface area contributed by atoms with E-state index in [1.54, 1.807) is 42.2 Å².